The number of carbonyl (C=O) groups is 2. The number of nitrogens with one attached hydrogen (secondary N) is 1. The lowest BCUT2D eigenvalue weighted by molar-refractivity contribution is -0.387. The van der Waals surface area contributed by atoms with Gasteiger partial charge in [-0.3, -0.25) is 25.0 Å². The third-order valence-electron chi connectivity index (χ3n) is 3.14. The lowest BCUT2D eigenvalue weighted by Gasteiger charge is -2.07. The highest BCUT2D eigenvalue weighted by Gasteiger charge is 2.19. The largest absolute Gasteiger partial charge is 0.452 e. The molecule has 0 aliphatic heterocycles. The van der Waals surface area contributed by atoms with Gasteiger partial charge in [-0.25, -0.2) is 4.79 Å². The Kier molecular flexibility index (Phi) is 5.98. The number of anilines is 1. The summed E-state index contributed by atoms with van der Waals surface area (Å²) in [6.07, 6.45) is 0. The normalized spacial score (nSPS) is 10.1. The second-order valence-corrected chi connectivity index (χ2v) is 5.38. The molecule has 0 fully saturated rings. The van der Waals surface area contributed by atoms with E-state index in [0.29, 0.717) is 0 Å². The van der Waals surface area contributed by atoms with E-state index in [0.717, 1.165) is 36.4 Å². The molecule has 1 amide bonds. The predicted molar refractivity (Wildman–Crippen MR) is 90.1 cm³/mol. The van der Waals surface area contributed by atoms with Crippen LogP contribution in [-0.2, 0) is 9.53 Å². The molecule has 0 radical (unpaired) electrons. The van der Waals surface area contributed by atoms with Crippen LogP contribution in [0.1, 0.15) is 10.4 Å². The molecule has 2 rings (SSSR count). The molecule has 140 valence electrons. The maximum Gasteiger partial charge on any atom is 0.340 e. The van der Waals surface area contributed by atoms with E-state index in [2.05, 4.69) is 5.32 Å². The van der Waals surface area contributed by atoms with Gasteiger partial charge < -0.3 is 10.1 Å². The van der Waals surface area contributed by atoms with E-state index in [4.69, 9.17) is 16.3 Å². The number of non-ortho nitro benzene ring substituents is 1. The number of benzene rings is 2. The number of carbonyl (C=O) groups excluding carboxylic acids is 2. The van der Waals surface area contributed by atoms with E-state index in [1.165, 1.54) is 0 Å². The molecule has 0 saturated carbocycles. The number of nitro groups is 2. The van der Waals surface area contributed by atoms with E-state index in [1.807, 2.05) is 0 Å². The third-order valence-corrected chi connectivity index (χ3v) is 3.47. The van der Waals surface area contributed by atoms with Gasteiger partial charge in [-0.15, -0.1) is 0 Å². The number of ether oxygens (including phenoxy) is 1. The quantitative estimate of drug-likeness (QED) is 0.448. The summed E-state index contributed by atoms with van der Waals surface area (Å²) in [6.45, 7) is -0.803. The Morgan fingerprint density at radius 2 is 1.81 bits per heavy atom. The Bertz CT molecular complexity index is 951. The zero-order valence-corrected chi connectivity index (χ0v) is 13.9. The van der Waals surface area contributed by atoms with E-state index < -0.39 is 45.5 Å². The molecule has 0 aliphatic rings. The highest BCUT2D eigenvalue weighted by atomic mass is 35.5. The van der Waals surface area contributed by atoms with Crippen LogP contribution < -0.4 is 5.32 Å². The van der Waals surface area contributed by atoms with Crippen LogP contribution in [0.2, 0.25) is 5.02 Å². The van der Waals surface area contributed by atoms with Crippen LogP contribution >= 0.6 is 11.6 Å². The standard InChI is InChI=1S/C15H9ClFN3O7/c16-11-3-2-9(19(23)24)6-10(11)15(22)27-7-14(21)18-8-1-4-12(17)13(5-8)20(25)26/h1-6H,7H2,(H,18,21). The number of hydrogen-bond donors (Lipinski definition) is 1. The Morgan fingerprint density at radius 1 is 1.11 bits per heavy atom. The van der Waals surface area contributed by atoms with Gasteiger partial charge in [0.25, 0.3) is 11.6 Å². The van der Waals surface area contributed by atoms with Crippen molar-refractivity contribution in [1.29, 1.82) is 0 Å². The second kappa shape index (κ2) is 8.19. The van der Waals surface area contributed by atoms with E-state index in [1.54, 1.807) is 0 Å². The molecule has 0 heterocycles. The van der Waals surface area contributed by atoms with Gasteiger partial charge in [0.05, 0.1) is 20.4 Å². The lowest BCUT2D eigenvalue weighted by atomic mass is 10.2. The Labute approximate surface area is 154 Å². The minimum atomic E-state index is -1.08. The number of rotatable bonds is 6. The van der Waals surface area contributed by atoms with Gasteiger partial charge in [0.1, 0.15) is 0 Å². The van der Waals surface area contributed by atoms with Crippen molar-refractivity contribution in [2.45, 2.75) is 0 Å². The minimum Gasteiger partial charge on any atom is -0.452 e. The summed E-state index contributed by atoms with van der Waals surface area (Å²) in [7, 11) is 0. The van der Waals surface area contributed by atoms with Crippen LogP contribution in [0, 0.1) is 26.0 Å². The molecule has 0 aliphatic carbocycles. The van der Waals surface area contributed by atoms with Crippen molar-refractivity contribution < 1.29 is 28.6 Å². The summed E-state index contributed by atoms with van der Waals surface area (Å²) in [6, 6.07) is 5.79. The van der Waals surface area contributed by atoms with Gasteiger partial charge in [-0.2, -0.15) is 4.39 Å². The van der Waals surface area contributed by atoms with Crippen LogP contribution in [0.25, 0.3) is 0 Å². The van der Waals surface area contributed by atoms with Crippen LogP contribution in [0.5, 0.6) is 0 Å². The highest BCUT2D eigenvalue weighted by molar-refractivity contribution is 6.33. The van der Waals surface area contributed by atoms with Crippen molar-refractivity contribution in [2.75, 3.05) is 11.9 Å². The van der Waals surface area contributed by atoms with Gasteiger partial charge in [0.15, 0.2) is 6.61 Å². The van der Waals surface area contributed by atoms with Gasteiger partial charge >= 0.3 is 11.7 Å². The Balaban J connectivity index is 2.03. The molecule has 2 aromatic carbocycles. The molecular formula is C15H9ClFN3O7. The van der Waals surface area contributed by atoms with Gasteiger partial charge in [0, 0.05) is 23.9 Å². The average molecular weight is 398 g/mol. The van der Waals surface area contributed by atoms with E-state index in [9.17, 15) is 34.2 Å². The summed E-state index contributed by atoms with van der Waals surface area (Å²) >= 11 is 5.78. The number of hydrogen-bond acceptors (Lipinski definition) is 7. The number of nitro benzene ring substituents is 2. The van der Waals surface area contributed by atoms with E-state index in [-0.39, 0.29) is 16.3 Å². The van der Waals surface area contributed by atoms with Gasteiger partial charge in [-0.05, 0) is 18.2 Å². The monoisotopic (exact) mass is 397 g/mol. The van der Waals surface area contributed by atoms with Gasteiger partial charge in [-0.1, -0.05) is 11.6 Å². The molecule has 12 heteroatoms. The molecular weight excluding hydrogens is 389 g/mol. The zero-order valence-electron chi connectivity index (χ0n) is 13.2. The Morgan fingerprint density at radius 3 is 2.44 bits per heavy atom. The smallest absolute Gasteiger partial charge is 0.340 e. The first kappa shape index (κ1) is 19.7. The predicted octanol–water partition coefficient (Wildman–Crippen LogP) is 3.09. The Hall–Kier alpha value is -3.60. The van der Waals surface area contributed by atoms with Gasteiger partial charge in [0.2, 0.25) is 5.82 Å². The third kappa shape index (κ3) is 4.95. The molecule has 0 aromatic heterocycles. The summed E-state index contributed by atoms with van der Waals surface area (Å²) in [4.78, 5) is 43.4. The molecule has 0 bridgehead atoms. The maximum absolute atomic E-state index is 13.2. The summed E-state index contributed by atoms with van der Waals surface area (Å²) in [5.74, 6) is -3.03. The first-order chi connectivity index (χ1) is 12.7. The average Bonchev–Trinajstić information content (AvgIpc) is 2.61. The topological polar surface area (TPSA) is 142 Å². The molecule has 0 atom stereocenters. The lowest BCUT2D eigenvalue weighted by Crippen LogP contribution is -2.21. The van der Waals surface area contributed by atoms with Crippen molar-refractivity contribution in [3.8, 4) is 0 Å². The van der Waals surface area contributed by atoms with E-state index >= 15 is 0 Å². The number of halogens is 2. The van der Waals surface area contributed by atoms with Crippen molar-refractivity contribution in [3.05, 3.63) is 73.0 Å². The van der Waals surface area contributed by atoms with Crippen molar-refractivity contribution in [3.63, 3.8) is 0 Å². The summed E-state index contributed by atoms with van der Waals surface area (Å²) in [5, 5.41) is 23.5. The first-order valence-electron chi connectivity index (χ1n) is 7.04. The fourth-order valence-corrected chi connectivity index (χ4v) is 2.11. The fourth-order valence-electron chi connectivity index (χ4n) is 1.92. The van der Waals surface area contributed by atoms with Crippen LogP contribution in [0.15, 0.2) is 36.4 Å². The second-order valence-electron chi connectivity index (χ2n) is 4.97. The SMILES string of the molecule is O=C(COC(=O)c1cc([N+](=O)[O-])ccc1Cl)Nc1ccc(F)c([N+](=O)[O-])c1. The summed E-state index contributed by atoms with van der Waals surface area (Å²) < 4.78 is 18.0. The molecule has 0 spiro atoms. The van der Waals surface area contributed by atoms with Crippen molar-refractivity contribution in [2.24, 2.45) is 0 Å². The fraction of sp³-hybridized carbons (Fsp3) is 0.0667. The van der Waals surface area contributed by atoms with Crippen LogP contribution in [0.3, 0.4) is 0 Å². The molecule has 2 aromatic rings. The zero-order chi connectivity index (χ0) is 20.1. The first-order valence-corrected chi connectivity index (χ1v) is 7.41. The number of amides is 1. The van der Waals surface area contributed by atoms with Crippen LogP contribution in [0.4, 0.5) is 21.5 Å². The highest BCUT2D eigenvalue weighted by Crippen LogP contribution is 2.23. The number of esters is 1. The molecule has 1 N–H and O–H groups in total. The van der Waals surface area contributed by atoms with Crippen molar-refractivity contribution >= 4 is 40.5 Å². The summed E-state index contributed by atoms with van der Waals surface area (Å²) in [5.41, 5.74) is -1.63. The molecule has 0 unspecified atom stereocenters. The van der Waals surface area contributed by atoms with Crippen LogP contribution in [-0.4, -0.2) is 28.3 Å². The minimum absolute atomic E-state index is 0.0856. The maximum atomic E-state index is 13.2. The van der Waals surface area contributed by atoms with Crippen molar-refractivity contribution in [1.82, 2.24) is 0 Å². The number of nitrogens with zero attached hydrogens (tertiary/aromatic N) is 2. The molecule has 27 heavy (non-hydrogen) atoms. The molecule has 10 nitrogen and oxygen atoms in total. The molecule has 0 saturated heterocycles.